The molecule has 0 aliphatic carbocycles. The van der Waals surface area contributed by atoms with Crippen LogP contribution in [0.3, 0.4) is 0 Å². The van der Waals surface area contributed by atoms with Crippen molar-refractivity contribution in [1.29, 1.82) is 0 Å². The number of hydrogen-bond donors (Lipinski definition) is 1. The Hall–Kier alpha value is -3.14. The largest absolute Gasteiger partial charge is 0.367 e. The molecule has 4 rings (SSSR count). The highest BCUT2D eigenvalue weighted by Crippen LogP contribution is 2.28. The minimum Gasteiger partial charge on any atom is -0.367 e. The van der Waals surface area contributed by atoms with E-state index in [1.807, 2.05) is 18.3 Å². The average Bonchev–Trinajstić information content (AvgIpc) is 3.30. The lowest BCUT2D eigenvalue weighted by Crippen LogP contribution is -2.34. The second-order valence-corrected chi connectivity index (χ2v) is 5.92. The van der Waals surface area contributed by atoms with Gasteiger partial charge < -0.3 is 19.6 Å². The Balaban J connectivity index is 1.53. The molecule has 1 saturated heterocycles. The predicted molar refractivity (Wildman–Crippen MR) is 93.4 cm³/mol. The topological polar surface area (TPSA) is 65.3 Å². The fourth-order valence-electron chi connectivity index (χ4n) is 3.22. The molecule has 7 heteroatoms. The van der Waals surface area contributed by atoms with Gasteiger partial charge in [0, 0.05) is 32.4 Å². The molecule has 1 aliphatic rings. The van der Waals surface area contributed by atoms with E-state index in [-0.39, 0.29) is 0 Å². The molecule has 3 aromatic rings. The molecule has 3 aromatic heterocycles. The fraction of sp³-hybridized carbons (Fsp3) is 0.294. The number of aromatic amines is 1. The van der Waals surface area contributed by atoms with Crippen molar-refractivity contribution in [2.45, 2.75) is 12.5 Å². The molecule has 0 unspecified atom stereocenters. The summed E-state index contributed by atoms with van der Waals surface area (Å²) in [5.74, 6) is 1.41. The van der Waals surface area contributed by atoms with Gasteiger partial charge in [0.05, 0.1) is 11.1 Å². The molecule has 7 nitrogen and oxygen atoms in total. The molecule has 24 heavy (non-hydrogen) atoms. The third-order valence-corrected chi connectivity index (χ3v) is 4.60. The molecule has 0 radical (unpaired) electrons. The predicted octanol–water partition coefficient (Wildman–Crippen LogP) is 2.62. The molecule has 1 aliphatic heterocycles. The maximum Gasteiger partial charge on any atom is 0.269 e. The number of anilines is 2. The van der Waals surface area contributed by atoms with Crippen LogP contribution in [-0.2, 0) is 0 Å². The highest BCUT2D eigenvalue weighted by molar-refractivity contribution is 5.87. The second-order valence-electron chi connectivity index (χ2n) is 5.92. The molecule has 0 bridgehead atoms. The van der Waals surface area contributed by atoms with Gasteiger partial charge >= 0.3 is 0 Å². The van der Waals surface area contributed by atoms with E-state index in [0.717, 1.165) is 42.0 Å². The van der Waals surface area contributed by atoms with Crippen LogP contribution in [0.2, 0.25) is 0 Å². The first kappa shape index (κ1) is 14.5. The third-order valence-electron chi connectivity index (χ3n) is 4.60. The van der Waals surface area contributed by atoms with Gasteiger partial charge in [-0.3, -0.25) is 0 Å². The van der Waals surface area contributed by atoms with Crippen molar-refractivity contribution >= 4 is 28.4 Å². The molecular formula is C17H17N7. The molecule has 0 spiro atoms. The zero-order chi connectivity index (χ0) is 16.5. The first-order chi connectivity index (χ1) is 11.8. The molecule has 120 valence electrons. The summed E-state index contributed by atoms with van der Waals surface area (Å²) in [5.41, 5.74) is 1.90. The first-order valence-electron chi connectivity index (χ1n) is 7.85. The molecule has 0 saturated carbocycles. The van der Waals surface area contributed by atoms with Crippen LogP contribution >= 0.6 is 0 Å². The molecule has 1 atom stereocenters. The Labute approximate surface area is 139 Å². The van der Waals surface area contributed by atoms with E-state index < -0.39 is 0 Å². The summed E-state index contributed by atoms with van der Waals surface area (Å²) in [6.45, 7) is 8.85. The minimum atomic E-state index is 0.384. The summed E-state index contributed by atoms with van der Waals surface area (Å²) in [7, 11) is 2.08. The maximum absolute atomic E-state index is 6.99. The van der Waals surface area contributed by atoms with E-state index in [0.29, 0.717) is 11.9 Å². The summed E-state index contributed by atoms with van der Waals surface area (Å²) in [6, 6.07) is 6.13. The smallest absolute Gasteiger partial charge is 0.269 e. The van der Waals surface area contributed by atoms with E-state index in [1.54, 1.807) is 18.6 Å². The normalized spacial score (nSPS) is 17.2. The van der Waals surface area contributed by atoms with Crippen LogP contribution < -0.4 is 9.80 Å². The number of aromatic nitrogens is 4. The lowest BCUT2D eigenvalue weighted by atomic mass is 10.2. The van der Waals surface area contributed by atoms with Crippen LogP contribution in [0.5, 0.6) is 0 Å². The van der Waals surface area contributed by atoms with Gasteiger partial charge in [-0.25, -0.2) is 9.97 Å². The van der Waals surface area contributed by atoms with Gasteiger partial charge in [-0.1, -0.05) is 6.57 Å². The quantitative estimate of drug-likeness (QED) is 0.752. The summed E-state index contributed by atoms with van der Waals surface area (Å²) in [5, 5.41) is 1.06. The van der Waals surface area contributed by atoms with E-state index in [4.69, 9.17) is 6.57 Å². The van der Waals surface area contributed by atoms with Crippen molar-refractivity contribution in [2.24, 2.45) is 0 Å². The Morgan fingerprint density at radius 1 is 1.29 bits per heavy atom. The number of hydrogen-bond acceptors (Lipinski definition) is 5. The maximum atomic E-state index is 6.99. The Kier molecular flexibility index (Phi) is 3.50. The fourth-order valence-corrected chi connectivity index (χ4v) is 3.22. The van der Waals surface area contributed by atoms with Gasteiger partial charge in [-0.2, -0.15) is 0 Å². The summed E-state index contributed by atoms with van der Waals surface area (Å²) in [6.07, 6.45) is 6.33. The van der Waals surface area contributed by atoms with Crippen molar-refractivity contribution in [2.75, 3.05) is 29.9 Å². The molecule has 1 N–H and O–H groups in total. The molecular weight excluding hydrogens is 302 g/mol. The van der Waals surface area contributed by atoms with Crippen molar-refractivity contribution < 1.29 is 0 Å². The Morgan fingerprint density at radius 3 is 3.00 bits per heavy atom. The van der Waals surface area contributed by atoms with Gasteiger partial charge in [0.15, 0.2) is 0 Å². The van der Waals surface area contributed by atoms with E-state index >= 15 is 0 Å². The number of likely N-dealkylation sites (N-methyl/N-ethyl adjacent to an activating group) is 1. The zero-order valence-corrected chi connectivity index (χ0v) is 13.3. The first-order valence-corrected chi connectivity index (χ1v) is 7.85. The molecule has 1 fully saturated rings. The minimum absolute atomic E-state index is 0.384. The average molecular weight is 319 g/mol. The Morgan fingerprint density at radius 2 is 2.21 bits per heavy atom. The molecule has 0 amide bonds. The van der Waals surface area contributed by atoms with E-state index in [2.05, 4.69) is 41.6 Å². The van der Waals surface area contributed by atoms with Crippen LogP contribution in [-0.4, -0.2) is 46.1 Å². The van der Waals surface area contributed by atoms with Gasteiger partial charge in [0.25, 0.3) is 5.82 Å². The zero-order valence-electron chi connectivity index (χ0n) is 13.3. The molecule has 0 aromatic carbocycles. The second kappa shape index (κ2) is 5.81. The van der Waals surface area contributed by atoms with Crippen LogP contribution in [0, 0.1) is 6.57 Å². The number of nitrogens with zero attached hydrogens (tertiary/aromatic N) is 6. The lowest BCUT2D eigenvalue weighted by molar-refractivity contribution is 0.691. The number of nitrogens with one attached hydrogen (secondary N) is 1. The number of fused-ring (bicyclic) bond motifs is 1. The SMILES string of the molecule is [C-]#[N+]c1ccc(N(C)[C@@H]2CCN(c3ncnc4[nH]ccc34)C2)cn1. The number of H-pyrrole nitrogens is 1. The van der Waals surface area contributed by atoms with Crippen LogP contribution in [0.4, 0.5) is 17.3 Å². The number of pyridine rings is 1. The Bertz CT molecular complexity index is 893. The van der Waals surface area contributed by atoms with Crippen molar-refractivity contribution in [3.05, 3.63) is 48.3 Å². The van der Waals surface area contributed by atoms with Crippen molar-refractivity contribution in [3.8, 4) is 0 Å². The summed E-state index contributed by atoms with van der Waals surface area (Å²) in [4.78, 5) is 23.9. The van der Waals surface area contributed by atoms with E-state index in [9.17, 15) is 0 Å². The van der Waals surface area contributed by atoms with Gasteiger partial charge in [0.1, 0.15) is 24.0 Å². The lowest BCUT2D eigenvalue weighted by Gasteiger charge is -2.26. The molecule has 4 heterocycles. The van der Waals surface area contributed by atoms with Gasteiger partial charge in [-0.15, -0.1) is 4.98 Å². The van der Waals surface area contributed by atoms with Crippen molar-refractivity contribution in [1.82, 2.24) is 19.9 Å². The standard InChI is InChI=1S/C17H17N7/c1-18-15-4-3-12(9-20-15)23(2)13-6-8-24(10-13)17-14-5-7-19-16(14)21-11-22-17/h3-5,7,9,11,13H,6,8,10H2,2H3,(H,19,21,22)/t13-/m1/s1. The van der Waals surface area contributed by atoms with Crippen LogP contribution in [0.15, 0.2) is 36.9 Å². The monoisotopic (exact) mass is 319 g/mol. The third kappa shape index (κ3) is 2.42. The van der Waals surface area contributed by atoms with Crippen LogP contribution in [0.1, 0.15) is 6.42 Å². The summed E-state index contributed by atoms with van der Waals surface area (Å²) >= 11 is 0. The van der Waals surface area contributed by atoms with E-state index in [1.165, 1.54) is 0 Å². The highest BCUT2D eigenvalue weighted by Gasteiger charge is 2.28. The van der Waals surface area contributed by atoms with Gasteiger partial charge in [-0.05, 0) is 24.6 Å². The van der Waals surface area contributed by atoms with Gasteiger partial charge in [0.2, 0.25) is 0 Å². The van der Waals surface area contributed by atoms with Crippen LogP contribution in [0.25, 0.3) is 15.9 Å². The number of rotatable bonds is 3. The summed E-state index contributed by atoms with van der Waals surface area (Å²) < 4.78 is 0. The van der Waals surface area contributed by atoms with Crippen molar-refractivity contribution in [3.63, 3.8) is 0 Å². The highest BCUT2D eigenvalue weighted by atomic mass is 15.3.